The number of nitrogens with two attached hydrogens (primary N) is 1. The van der Waals surface area contributed by atoms with Gasteiger partial charge in [-0.25, -0.2) is 9.79 Å². The minimum Gasteiger partial charge on any atom is -0.369 e. The van der Waals surface area contributed by atoms with Crippen LogP contribution in [0.2, 0.25) is 10.0 Å². The Balaban J connectivity index is 1.98. The van der Waals surface area contributed by atoms with Crippen molar-refractivity contribution in [1.82, 2.24) is 10.6 Å². The number of benzene rings is 1. The Morgan fingerprint density at radius 1 is 1.25 bits per heavy atom. The summed E-state index contributed by atoms with van der Waals surface area (Å²) >= 11 is 11.9. The number of rotatable bonds is 2. The molecule has 4 N–H and O–H groups in total. The highest BCUT2D eigenvalue weighted by Crippen LogP contribution is 2.32. The van der Waals surface area contributed by atoms with E-state index in [2.05, 4.69) is 15.6 Å². The van der Waals surface area contributed by atoms with Crippen LogP contribution in [0.25, 0.3) is 0 Å². The summed E-state index contributed by atoms with van der Waals surface area (Å²) in [5, 5.41) is 6.07. The Bertz CT molecular complexity index is 507. The van der Waals surface area contributed by atoms with Gasteiger partial charge in [0.15, 0.2) is 0 Å². The summed E-state index contributed by atoms with van der Waals surface area (Å²) in [5.74, 6) is -0.0458. The van der Waals surface area contributed by atoms with E-state index in [1.165, 1.54) is 0 Å². The summed E-state index contributed by atoms with van der Waals surface area (Å²) in [4.78, 5) is 15.8. The number of carbonyl (C=O) groups excluding carboxylic acids is 1. The molecule has 0 spiro atoms. The molecule has 2 rings (SSSR count). The minimum atomic E-state index is -0.360. The van der Waals surface area contributed by atoms with Gasteiger partial charge < -0.3 is 11.1 Å². The summed E-state index contributed by atoms with van der Waals surface area (Å²) < 4.78 is 0. The second kappa shape index (κ2) is 6.81. The number of hydrogen-bond acceptors (Lipinski definition) is 2. The smallest absolute Gasteiger partial charge is 0.321 e. The molecule has 1 aliphatic rings. The Hall–Kier alpha value is -1.46. The van der Waals surface area contributed by atoms with E-state index in [0.29, 0.717) is 15.7 Å². The normalized spacial score (nSPS) is 16.2. The maximum Gasteiger partial charge on any atom is 0.321 e. The highest BCUT2D eigenvalue weighted by molar-refractivity contribution is 6.38. The fourth-order valence-electron chi connectivity index (χ4n) is 2.15. The first kappa shape index (κ1) is 14.9. The zero-order valence-electron chi connectivity index (χ0n) is 10.8. The van der Waals surface area contributed by atoms with Gasteiger partial charge in [-0.1, -0.05) is 42.1 Å². The monoisotopic (exact) mass is 314 g/mol. The highest BCUT2D eigenvalue weighted by Gasteiger charge is 2.17. The topological polar surface area (TPSA) is 79.5 Å². The maximum absolute atomic E-state index is 11.7. The van der Waals surface area contributed by atoms with Crippen LogP contribution in [0.4, 0.5) is 10.5 Å². The Kier molecular flexibility index (Phi) is 5.09. The number of carbonyl (C=O) groups is 1. The van der Waals surface area contributed by atoms with Gasteiger partial charge >= 0.3 is 6.03 Å². The van der Waals surface area contributed by atoms with Gasteiger partial charge in [-0.05, 0) is 25.0 Å². The third kappa shape index (κ3) is 4.02. The van der Waals surface area contributed by atoms with Crippen molar-refractivity contribution < 1.29 is 4.79 Å². The largest absolute Gasteiger partial charge is 0.369 e. The Morgan fingerprint density at radius 2 is 1.85 bits per heavy atom. The minimum absolute atomic E-state index is 0.0458. The first-order chi connectivity index (χ1) is 9.56. The van der Waals surface area contributed by atoms with Crippen molar-refractivity contribution in [2.24, 2.45) is 10.7 Å². The average Bonchev–Trinajstić information content (AvgIpc) is 2.86. The van der Waals surface area contributed by atoms with Crippen molar-refractivity contribution in [3.05, 3.63) is 28.2 Å². The van der Waals surface area contributed by atoms with Crippen LogP contribution in [0.1, 0.15) is 25.7 Å². The van der Waals surface area contributed by atoms with Crippen LogP contribution < -0.4 is 16.4 Å². The van der Waals surface area contributed by atoms with Gasteiger partial charge in [-0.2, -0.15) is 0 Å². The zero-order chi connectivity index (χ0) is 14.5. The zero-order valence-corrected chi connectivity index (χ0v) is 12.3. The van der Waals surface area contributed by atoms with Gasteiger partial charge in [0.2, 0.25) is 5.96 Å². The summed E-state index contributed by atoms with van der Waals surface area (Å²) in [7, 11) is 0. The molecule has 0 aliphatic heterocycles. The molecule has 0 heterocycles. The maximum atomic E-state index is 11.7. The molecule has 2 amide bonds. The molecule has 0 radical (unpaired) electrons. The van der Waals surface area contributed by atoms with Crippen molar-refractivity contribution in [2.45, 2.75) is 31.7 Å². The predicted molar refractivity (Wildman–Crippen MR) is 81.7 cm³/mol. The van der Waals surface area contributed by atoms with Gasteiger partial charge in [0.1, 0.15) is 5.69 Å². The van der Waals surface area contributed by atoms with Crippen molar-refractivity contribution in [2.75, 3.05) is 0 Å². The molecule has 0 aromatic heterocycles. The Morgan fingerprint density at radius 3 is 2.45 bits per heavy atom. The van der Waals surface area contributed by atoms with E-state index in [-0.39, 0.29) is 18.0 Å². The first-order valence-corrected chi connectivity index (χ1v) is 7.17. The predicted octanol–water partition coefficient (Wildman–Crippen LogP) is 3.18. The summed E-state index contributed by atoms with van der Waals surface area (Å²) in [5.41, 5.74) is 6.02. The SMILES string of the molecule is NC(=Nc1c(Cl)cccc1Cl)NC(=O)NC1CCCC1. The number of nitrogens with one attached hydrogen (secondary N) is 2. The summed E-state index contributed by atoms with van der Waals surface area (Å²) in [6.07, 6.45) is 4.29. The third-order valence-electron chi connectivity index (χ3n) is 3.10. The standard InChI is InChI=1S/C13H16Cl2N4O/c14-9-6-3-7-10(15)11(9)18-12(16)19-13(20)17-8-4-1-2-5-8/h3,6-8H,1-2,4-5H2,(H4,16,17,18,19,20). The first-order valence-electron chi connectivity index (χ1n) is 6.42. The molecule has 108 valence electrons. The van der Waals surface area contributed by atoms with Gasteiger partial charge in [-0.15, -0.1) is 0 Å². The van der Waals surface area contributed by atoms with E-state index in [4.69, 9.17) is 28.9 Å². The molecule has 7 heteroatoms. The van der Waals surface area contributed by atoms with Crippen molar-refractivity contribution in [3.8, 4) is 0 Å². The van der Waals surface area contributed by atoms with E-state index >= 15 is 0 Å². The van der Waals surface area contributed by atoms with Crippen LogP contribution in [-0.2, 0) is 0 Å². The second-order valence-corrected chi connectivity index (χ2v) is 5.46. The summed E-state index contributed by atoms with van der Waals surface area (Å²) in [6, 6.07) is 4.86. The van der Waals surface area contributed by atoms with E-state index in [1.54, 1.807) is 18.2 Å². The number of nitrogens with zero attached hydrogens (tertiary/aromatic N) is 1. The lowest BCUT2D eigenvalue weighted by Gasteiger charge is -2.12. The van der Waals surface area contributed by atoms with Crippen molar-refractivity contribution >= 4 is 40.9 Å². The molecule has 0 saturated heterocycles. The number of halogens is 2. The summed E-state index contributed by atoms with van der Waals surface area (Å²) in [6.45, 7) is 0. The number of aliphatic imine (C=N–C) groups is 1. The average molecular weight is 315 g/mol. The quantitative estimate of drug-likeness (QED) is 0.579. The van der Waals surface area contributed by atoms with Gasteiger partial charge in [0.25, 0.3) is 0 Å². The van der Waals surface area contributed by atoms with Crippen molar-refractivity contribution in [3.63, 3.8) is 0 Å². The fraction of sp³-hybridized carbons (Fsp3) is 0.385. The van der Waals surface area contributed by atoms with Crippen LogP contribution in [-0.4, -0.2) is 18.0 Å². The lowest BCUT2D eigenvalue weighted by atomic mass is 10.3. The number of amides is 2. The van der Waals surface area contributed by atoms with Crippen LogP contribution >= 0.6 is 23.2 Å². The molecule has 1 aliphatic carbocycles. The molecule has 0 bridgehead atoms. The van der Waals surface area contributed by atoms with E-state index in [1.807, 2.05) is 0 Å². The molecule has 1 saturated carbocycles. The molecular weight excluding hydrogens is 299 g/mol. The molecular formula is C13H16Cl2N4O. The molecule has 20 heavy (non-hydrogen) atoms. The van der Waals surface area contributed by atoms with E-state index < -0.39 is 0 Å². The number of hydrogen-bond donors (Lipinski definition) is 3. The lowest BCUT2D eigenvalue weighted by molar-refractivity contribution is 0.241. The van der Waals surface area contributed by atoms with Crippen LogP contribution in [0.5, 0.6) is 0 Å². The molecule has 0 unspecified atom stereocenters. The van der Waals surface area contributed by atoms with Crippen LogP contribution in [0, 0.1) is 0 Å². The molecule has 0 atom stereocenters. The van der Waals surface area contributed by atoms with E-state index in [0.717, 1.165) is 25.7 Å². The van der Waals surface area contributed by atoms with Crippen LogP contribution in [0.3, 0.4) is 0 Å². The number of para-hydroxylation sites is 1. The molecule has 5 nitrogen and oxygen atoms in total. The molecule has 1 aromatic carbocycles. The molecule has 1 fully saturated rings. The second-order valence-electron chi connectivity index (χ2n) is 4.65. The fourth-order valence-corrected chi connectivity index (χ4v) is 2.63. The highest BCUT2D eigenvalue weighted by atomic mass is 35.5. The van der Waals surface area contributed by atoms with Gasteiger partial charge in [-0.3, -0.25) is 5.32 Å². The van der Waals surface area contributed by atoms with Gasteiger partial charge in [0.05, 0.1) is 10.0 Å². The van der Waals surface area contributed by atoms with E-state index in [9.17, 15) is 4.79 Å². The van der Waals surface area contributed by atoms with Crippen LogP contribution in [0.15, 0.2) is 23.2 Å². The Labute approximate surface area is 127 Å². The van der Waals surface area contributed by atoms with Crippen molar-refractivity contribution in [1.29, 1.82) is 0 Å². The third-order valence-corrected chi connectivity index (χ3v) is 3.71. The molecule has 1 aromatic rings. The number of urea groups is 1. The lowest BCUT2D eigenvalue weighted by Crippen LogP contribution is -2.46. The van der Waals surface area contributed by atoms with Gasteiger partial charge in [0, 0.05) is 6.04 Å². The number of guanidine groups is 1.